The third-order valence-electron chi connectivity index (χ3n) is 5.53. The molecule has 1 aliphatic rings. The van der Waals surface area contributed by atoms with E-state index < -0.39 is 0 Å². The van der Waals surface area contributed by atoms with Gasteiger partial charge in [0.15, 0.2) is 5.96 Å². The topological polar surface area (TPSA) is 57.5 Å². The third kappa shape index (κ3) is 6.07. The first kappa shape index (κ1) is 22.9. The van der Waals surface area contributed by atoms with Crippen LogP contribution in [-0.2, 0) is 6.54 Å². The van der Waals surface area contributed by atoms with E-state index in [1.807, 2.05) is 13.1 Å². The molecule has 2 aromatic rings. The van der Waals surface area contributed by atoms with Crippen LogP contribution in [0.1, 0.15) is 32.0 Å². The molecule has 1 fully saturated rings. The van der Waals surface area contributed by atoms with Crippen molar-refractivity contribution < 1.29 is 0 Å². The number of likely N-dealkylation sites (tertiary alicyclic amines) is 1. The Hall–Kier alpha value is -1.35. The fourth-order valence-electron chi connectivity index (χ4n) is 3.99. The molecule has 3 rings (SSSR count). The number of aliphatic imine (C=N–C) groups is 1. The van der Waals surface area contributed by atoms with Gasteiger partial charge in [-0.2, -0.15) is 0 Å². The summed E-state index contributed by atoms with van der Waals surface area (Å²) in [6.45, 7) is 10.8. The molecule has 0 bridgehead atoms. The lowest BCUT2D eigenvalue weighted by molar-refractivity contribution is 0.183. The summed E-state index contributed by atoms with van der Waals surface area (Å²) in [5.74, 6) is 2.71. The van der Waals surface area contributed by atoms with E-state index in [0.717, 1.165) is 55.8 Å². The summed E-state index contributed by atoms with van der Waals surface area (Å²) >= 11 is 0. The van der Waals surface area contributed by atoms with Crippen molar-refractivity contribution in [2.24, 2.45) is 10.9 Å². The molecule has 0 spiro atoms. The van der Waals surface area contributed by atoms with Crippen LogP contribution in [0.2, 0.25) is 0 Å². The number of guanidine groups is 1. The molecule has 0 radical (unpaired) electrons. The number of aromatic nitrogens is 2. The van der Waals surface area contributed by atoms with E-state index in [1.165, 1.54) is 31.4 Å². The minimum absolute atomic E-state index is 0. The Morgan fingerprint density at radius 3 is 2.89 bits per heavy atom. The number of piperidine rings is 1. The monoisotopic (exact) mass is 498 g/mol. The standard InChI is InChI=1S/C21H34N6.HI/c1-4-26-13-7-9-18(16-26)15-24-21(22-3)23-12-8-14-27-17(2)25-19-10-5-6-11-20(19)27;/h5-6,10-11,18H,4,7-9,12-16H2,1-3H3,(H2,22,23,24);1H. The Morgan fingerprint density at radius 2 is 2.11 bits per heavy atom. The predicted octanol–water partition coefficient (Wildman–Crippen LogP) is 3.25. The molecule has 2 N–H and O–H groups in total. The molecule has 7 heteroatoms. The number of nitrogens with zero attached hydrogens (tertiary/aromatic N) is 4. The first-order chi connectivity index (χ1) is 13.2. The van der Waals surface area contributed by atoms with Gasteiger partial charge in [0.1, 0.15) is 5.82 Å². The average molecular weight is 498 g/mol. The zero-order valence-electron chi connectivity index (χ0n) is 17.4. The normalized spacial score (nSPS) is 18.1. The van der Waals surface area contributed by atoms with Gasteiger partial charge in [0, 0.05) is 33.2 Å². The Balaban J connectivity index is 0.00000280. The molecule has 1 aromatic heterocycles. The average Bonchev–Trinajstić information content (AvgIpc) is 3.02. The van der Waals surface area contributed by atoms with Crippen molar-refractivity contribution in [2.45, 2.75) is 39.7 Å². The van der Waals surface area contributed by atoms with Gasteiger partial charge in [0.2, 0.25) is 0 Å². The molecule has 1 aliphatic heterocycles. The highest BCUT2D eigenvalue weighted by Crippen LogP contribution is 2.16. The van der Waals surface area contributed by atoms with Crippen LogP contribution < -0.4 is 10.6 Å². The predicted molar refractivity (Wildman–Crippen MR) is 129 cm³/mol. The van der Waals surface area contributed by atoms with E-state index >= 15 is 0 Å². The Kier molecular flexibility index (Phi) is 9.50. The summed E-state index contributed by atoms with van der Waals surface area (Å²) in [6, 6.07) is 8.35. The number of hydrogen-bond acceptors (Lipinski definition) is 3. The van der Waals surface area contributed by atoms with Crippen molar-refractivity contribution in [1.82, 2.24) is 25.1 Å². The van der Waals surface area contributed by atoms with Gasteiger partial charge < -0.3 is 20.1 Å². The summed E-state index contributed by atoms with van der Waals surface area (Å²) in [5, 5.41) is 6.97. The van der Waals surface area contributed by atoms with Gasteiger partial charge in [-0.15, -0.1) is 24.0 Å². The summed E-state index contributed by atoms with van der Waals surface area (Å²) in [5.41, 5.74) is 2.30. The van der Waals surface area contributed by atoms with Crippen molar-refractivity contribution in [1.29, 1.82) is 0 Å². The quantitative estimate of drug-likeness (QED) is 0.267. The zero-order valence-corrected chi connectivity index (χ0v) is 19.8. The van der Waals surface area contributed by atoms with Gasteiger partial charge in [-0.3, -0.25) is 4.99 Å². The van der Waals surface area contributed by atoms with Gasteiger partial charge in [0.05, 0.1) is 11.0 Å². The van der Waals surface area contributed by atoms with E-state index in [2.05, 4.69) is 62.1 Å². The largest absolute Gasteiger partial charge is 0.356 e. The number of para-hydroxylation sites is 2. The summed E-state index contributed by atoms with van der Waals surface area (Å²) in [7, 11) is 1.85. The van der Waals surface area contributed by atoms with Crippen LogP contribution in [-0.4, -0.2) is 60.2 Å². The molecular formula is C21H35IN6. The molecule has 2 heterocycles. The number of fused-ring (bicyclic) bond motifs is 1. The molecule has 0 saturated carbocycles. The van der Waals surface area contributed by atoms with Crippen molar-refractivity contribution in [3.8, 4) is 0 Å². The fraction of sp³-hybridized carbons (Fsp3) is 0.619. The lowest BCUT2D eigenvalue weighted by Gasteiger charge is -2.32. The molecule has 1 unspecified atom stereocenters. The smallest absolute Gasteiger partial charge is 0.190 e. The van der Waals surface area contributed by atoms with E-state index in [0.29, 0.717) is 0 Å². The fourth-order valence-corrected chi connectivity index (χ4v) is 3.99. The Bertz CT molecular complexity index is 756. The molecule has 156 valence electrons. The molecule has 1 aromatic carbocycles. The second kappa shape index (κ2) is 11.6. The lowest BCUT2D eigenvalue weighted by atomic mass is 9.98. The number of nitrogens with one attached hydrogen (secondary N) is 2. The Labute approximate surface area is 186 Å². The van der Waals surface area contributed by atoms with Crippen molar-refractivity contribution in [3.05, 3.63) is 30.1 Å². The zero-order chi connectivity index (χ0) is 19.1. The molecule has 0 amide bonds. The summed E-state index contributed by atoms with van der Waals surface area (Å²) in [4.78, 5) is 11.6. The number of imidazole rings is 1. The molecule has 1 saturated heterocycles. The van der Waals surface area contributed by atoms with Crippen molar-refractivity contribution in [3.63, 3.8) is 0 Å². The van der Waals surface area contributed by atoms with Crippen LogP contribution in [0.5, 0.6) is 0 Å². The molecule has 0 aliphatic carbocycles. The molecule has 6 nitrogen and oxygen atoms in total. The Morgan fingerprint density at radius 1 is 1.29 bits per heavy atom. The molecule has 28 heavy (non-hydrogen) atoms. The van der Waals surface area contributed by atoms with Gasteiger partial charge in [-0.1, -0.05) is 19.1 Å². The van der Waals surface area contributed by atoms with E-state index in [9.17, 15) is 0 Å². The maximum atomic E-state index is 4.64. The first-order valence-corrected chi connectivity index (χ1v) is 10.3. The number of halogens is 1. The SMILES string of the molecule is CCN1CCCC(CNC(=NC)NCCCn2c(C)nc3ccccc32)C1.I. The number of rotatable bonds is 7. The minimum atomic E-state index is 0. The number of hydrogen-bond donors (Lipinski definition) is 2. The summed E-state index contributed by atoms with van der Waals surface area (Å²) in [6.07, 6.45) is 3.66. The van der Waals surface area contributed by atoms with Crippen LogP contribution >= 0.6 is 24.0 Å². The van der Waals surface area contributed by atoms with Gasteiger partial charge in [-0.25, -0.2) is 4.98 Å². The van der Waals surface area contributed by atoms with E-state index in [1.54, 1.807) is 0 Å². The van der Waals surface area contributed by atoms with Gasteiger partial charge in [-0.05, 0) is 57.3 Å². The van der Waals surface area contributed by atoms with Crippen molar-refractivity contribution >= 4 is 41.0 Å². The van der Waals surface area contributed by atoms with Crippen LogP contribution in [0.3, 0.4) is 0 Å². The second-order valence-corrected chi connectivity index (χ2v) is 7.43. The van der Waals surface area contributed by atoms with Crippen LogP contribution in [0.4, 0.5) is 0 Å². The second-order valence-electron chi connectivity index (χ2n) is 7.43. The molecular weight excluding hydrogens is 463 g/mol. The third-order valence-corrected chi connectivity index (χ3v) is 5.53. The number of aryl methyl sites for hydroxylation is 2. The highest BCUT2D eigenvalue weighted by Gasteiger charge is 2.18. The maximum Gasteiger partial charge on any atom is 0.190 e. The molecule has 1 atom stereocenters. The highest BCUT2D eigenvalue weighted by molar-refractivity contribution is 14.0. The maximum absolute atomic E-state index is 4.64. The summed E-state index contributed by atoms with van der Waals surface area (Å²) < 4.78 is 2.30. The lowest BCUT2D eigenvalue weighted by Crippen LogP contribution is -2.44. The van der Waals surface area contributed by atoms with E-state index in [4.69, 9.17) is 0 Å². The van der Waals surface area contributed by atoms with Crippen LogP contribution in [0, 0.1) is 12.8 Å². The number of benzene rings is 1. The van der Waals surface area contributed by atoms with Gasteiger partial charge >= 0.3 is 0 Å². The van der Waals surface area contributed by atoms with Crippen LogP contribution in [0.15, 0.2) is 29.3 Å². The first-order valence-electron chi connectivity index (χ1n) is 10.3. The van der Waals surface area contributed by atoms with Crippen LogP contribution in [0.25, 0.3) is 11.0 Å². The van der Waals surface area contributed by atoms with E-state index in [-0.39, 0.29) is 24.0 Å². The minimum Gasteiger partial charge on any atom is -0.356 e. The highest BCUT2D eigenvalue weighted by atomic mass is 127. The van der Waals surface area contributed by atoms with Crippen molar-refractivity contribution in [2.75, 3.05) is 39.8 Å². The van der Waals surface area contributed by atoms with Gasteiger partial charge in [0.25, 0.3) is 0 Å².